The van der Waals surface area contributed by atoms with Crippen LogP contribution in [-0.2, 0) is 4.74 Å². The number of rotatable bonds is 7. The molecule has 0 unspecified atom stereocenters. The Bertz CT molecular complexity index is 455. The molecule has 1 aromatic rings. The summed E-state index contributed by atoms with van der Waals surface area (Å²) in [5.74, 6) is -0.258. The molecule has 1 fully saturated rings. The Labute approximate surface area is 124 Å². The van der Waals surface area contributed by atoms with Crippen LogP contribution in [0.25, 0.3) is 0 Å². The third kappa shape index (κ3) is 3.49. The second-order valence-corrected chi connectivity index (χ2v) is 6.02. The van der Waals surface area contributed by atoms with Crippen LogP contribution >= 0.6 is 11.3 Å². The van der Waals surface area contributed by atoms with Gasteiger partial charge in [0.15, 0.2) is 5.13 Å². The molecule has 0 aromatic carbocycles. The monoisotopic (exact) mass is 297 g/mol. The van der Waals surface area contributed by atoms with E-state index in [0.29, 0.717) is 17.5 Å². The summed E-state index contributed by atoms with van der Waals surface area (Å²) in [5.41, 5.74) is 0.769. The molecule has 0 saturated carbocycles. The highest BCUT2D eigenvalue weighted by Gasteiger charge is 2.29. The van der Waals surface area contributed by atoms with Crippen LogP contribution in [0.2, 0.25) is 0 Å². The van der Waals surface area contributed by atoms with Crippen molar-refractivity contribution < 1.29 is 9.53 Å². The highest BCUT2D eigenvalue weighted by Crippen LogP contribution is 2.29. The molecular formula is C14H23N3O2S. The number of esters is 1. The van der Waals surface area contributed by atoms with Crippen molar-refractivity contribution in [3.05, 3.63) is 10.6 Å². The lowest BCUT2D eigenvalue weighted by molar-refractivity contribution is 0.0531. The van der Waals surface area contributed by atoms with E-state index in [2.05, 4.69) is 22.1 Å². The summed E-state index contributed by atoms with van der Waals surface area (Å²) in [4.78, 5) is 19.1. The normalized spacial score (nSPS) is 15.2. The van der Waals surface area contributed by atoms with Crippen molar-refractivity contribution in [2.24, 2.45) is 0 Å². The fraction of sp³-hybridized carbons (Fsp3) is 0.714. The van der Waals surface area contributed by atoms with E-state index in [1.54, 1.807) is 0 Å². The molecule has 20 heavy (non-hydrogen) atoms. The molecule has 1 N–H and O–H groups in total. The first-order valence-electron chi connectivity index (χ1n) is 7.28. The second kappa shape index (κ2) is 7.04. The third-order valence-corrected chi connectivity index (χ3v) is 4.56. The van der Waals surface area contributed by atoms with E-state index < -0.39 is 0 Å². The summed E-state index contributed by atoms with van der Waals surface area (Å²) in [7, 11) is 0. The standard InChI is InChI=1S/C14H23N3O2S/c1-4-6-7-15-11-8-17(9-11)14-16-10(3)12(20-14)13(18)19-5-2/h11,15H,4-9H2,1-3H3. The minimum absolute atomic E-state index is 0.258. The van der Waals surface area contributed by atoms with Gasteiger partial charge in [-0.2, -0.15) is 0 Å². The van der Waals surface area contributed by atoms with Crippen molar-refractivity contribution >= 4 is 22.4 Å². The topological polar surface area (TPSA) is 54.5 Å². The first-order chi connectivity index (χ1) is 9.65. The molecule has 0 aliphatic carbocycles. The molecule has 0 bridgehead atoms. The lowest BCUT2D eigenvalue weighted by atomic mass is 10.1. The Morgan fingerprint density at radius 2 is 2.25 bits per heavy atom. The van der Waals surface area contributed by atoms with Gasteiger partial charge in [-0.05, 0) is 26.8 Å². The van der Waals surface area contributed by atoms with E-state index in [1.165, 1.54) is 24.2 Å². The molecule has 2 rings (SSSR count). The lowest BCUT2D eigenvalue weighted by Crippen LogP contribution is -2.58. The van der Waals surface area contributed by atoms with Crippen molar-refractivity contribution in [3.8, 4) is 0 Å². The maximum atomic E-state index is 11.8. The van der Waals surface area contributed by atoms with Crippen LogP contribution < -0.4 is 10.2 Å². The molecule has 112 valence electrons. The number of unbranched alkanes of at least 4 members (excludes halogenated alkanes) is 1. The van der Waals surface area contributed by atoms with Gasteiger partial charge < -0.3 is 15.0 Å². The number of carbonyl (C=O) groups is 1. The van der Waals surface area contributed by atoms with Gasteiger partial charge in [-0.3, -0.25) is 0 Å². The van der Waals surface area contributed by atoms with Gasteiger partial charge in [-0.15, -0.1) is 0 Å². The number of aryl methyl sites for hydroxylation is 1. The van der Waals surface area contributed by atoms with E-state index in [1.807, 2.05) is 13.8 Å². The Balaban J connectivity index is 1.86. The average molecular weight is 297 g/mol. The highest BCUT2D eigenvalue weighted by molar-refractivity contribution is 7.17. The van der Waals surface area contributed by atoms with Crippen LogP contribution in [0.15, 0.2) is 0 Å². The van der Waals surface area contributed by atoms with Crippen molar-refractivity contribution in [2.75, 3.05) is 31.1 Å². The molecule has 0 radical (unpaired) electrons. The van der Waals surface area contributed by atoms with E-state index >= 15 is 0 Å². The summed E-state index contributed by atoms with van der Waals surface area (Å²) in [6, 6.07) is 0.553. The van der Waals surface area contributed by atoms with E-state index in [4.69, 9.17) is 4.74 Å². The molecule has 1 saturated heterocycles. The Morgan fingerprint density at radius 1 is 1.50 bits per heavy atom. The summed E-state index contributed by atoms with van der Waals surface area (Å²) >= 11 is 1.43. The lowest BCUT2D eigenvalue weighted by Gasteiger charge is -2.39. The molecule has 0 amide bonds. The largest absolute Gasteiger partial charge is 0.462 e. The zero-order valence-corrected chi connectivity index (χ0v) is 13.3. The summed E-state index contributed by atoms with van der Waals surface area (Å²) in [6.07, 6.45) is 2.44. The van der Waals surface area contributed by atoms with E-state index in [0.717, 1.165) is 30.5 Å². The van der Waals surface area contributed by atoms with Crippen LogP contribution in [0.4, 0.5) is 5.13 Å². The van der Waals surface area contributed by atoms with Crippen molar-refractivity contribution in [1.29, 1.82) is 0 Å². The third-order valence-electron chi connectivity index (χ3n) is 3.36. The van der Waals surface area contributed by atoms with E-state index in [-0.39, 0.29) is 5.97 Å². The van der Waals surface area contributed by atoms with Gasteiger partial charge >= 0.3 is 5.97 Å². The fourth-order valence-electron chi connectivity index (χ4n) is 2.15. The Morgan fingerprint density at radius 3 is 2.90 bits per heavy atom. The van der Waals surface area contributed by atoms with Crippen LogP contribution in [-0.4, -0.2) is 43.2 Å². The van der Waals surface area contributed by atoms with Crippen molar-refractivity contribution in [1.82, 2.24) is 10.3 Å². The number of nitrogens with one attached hydrogen (secondary N) is 1. The number of aromatic nitrogens is 1. The summed E-state index contributed by atoms with van der Waals surface area (Å²) in [5, 5.41) is 4.46. The fourth-order valence-corrected chi connectivity index (χ4v) is 3.13. The first-order valence-corrected chi connectivity index (χ1v) is 8.10. The summed E-state index contributed by atoms with van der Waals surface area (Å²) < 4.78 is 5.04. The quantitative estimate of drug-likeness (QED) is 0.618. The molecule has 0 atom stereocenters. The summed E-state index contributed by atoms with van der Waals surface area (Å²) in [6.45, 7) is 9.31. The molecule has 2 heterocycles. The minimum Gasteiger partial charge on any atom is -0.462 e. The molecule has 1 aliphatic heterocycles. The van der Waals surface area contributed by atoms with Crippen LogP contribution in [0.5, 0.6) is 0 Å². The molecule has 5 nitrogen and oxygen atoms in total. The van der Waals surface area contributed by atoms with Gasteiger partial charge in [0.25, 0.3) is 0 Å². The number of hydrogen-bond acceptors (Lipinski definition) is 6. The van der Waals surface area contributed by atoms with E-state index in [9.17, 15) is 4.79 Å². The van der Waals surface area contributed by atoms with Gasteiger partial charge in [0.2, 0.25) is 0 Å². The maximum Gasteiger partial charge on any atom is 0.350 e. The zero-order chi connectivity index (χ0) is 14.5. The average Bonchev–Trinajstić information content (AvgIpc) is 2.74. The number of nitrogens with zero attached hydrogens (tertiary/aromatic N) is 2. The number of anilines is 1. The molecule has 1 aliphatic rings. The second-order valence-electron chi connectivity index (χ2n) is 5.04. The predicted octanol–water partition coefficient (Wildman–Crippen LogP) is 2.21. The van der Waals surface area contributed by atoms with Gasteiger partial charge in [-0.1, -0.05) is 24.7 Å². The van der Waals surface area contributed by atoms with Gasteiger partial charge in [-0.25, -0.2) is 9.78 Å². The molecule has 6 heteroatoms. The Hall–Kier alpha value is -1.14. The van der Waals surface area contributed by atoms with Crippen LogP contribution in [0.1, 0.15) is 42.1 Å². The van der Waals surface area contributed by atoms with Crippen LogP contribution in [0, 0.1) is 6.92 Å². The number of carbonyl (C=O) groups excluding carboxylic acids is 1. The highest BCUT2D eigenvalue weighted by atomic mass is 32.1. The smallest absolute Gasteiger partial charge is 0.350 e. The van der Waals surface area contributed by atoms with Crippen LogP contribution in [0.3, 0.4) is 0 Å². The minimum atomic E-state index is -0.258. The molecule has 0 spiro atoms. The SMILES string of the molecule is CCCCNC1CN(c2nc(C)c(C(=O)OCC)s2)C1. The predicted molar refractivity (Wildman–Crippen MR) is 81.7 cm³/mol. The molecular weight excluding hydrogens is 274 g/mol. The van der Waals surface area contributed by atoms with Crippen molar-refractivity contribution in [3.63, 3.8) is 0 Å². The Kier molecular flexibility index (Phi) is 5.37. The van der Waals surface area contributed by atoms with Crippen molar-refractivity contribution in [2.45, 2.75) is 39.7 Å². The number of ether oxygens (including phenoxy) is 1. The first kappa shape index (κ1) is 15.3. The van der Waals surface area contributed by atoms with Gasteiger partial charge in [0.05, 0.1) is 12.3 Å². The molecule has 1 aromatic heterocycles. The van der Waals surface area contributed by atoms with Gasteiger partial charge in [0, 0.05) is 19.1 Å². The number of hydrogen-bond donors (Lipinski definition) is 1. The van der Waals surface area contributed by atoms with Gasteiger partial charge in [0.1, 0.15) is 4.88 Å². The maximum absolute atomic E-state index is 11.8. The zero-order valence-electron chi connectivity index (χ0n) is 12.4. The number of thiazole rings is 1.